The molecule has 4 aromatic rings. The van der Waals surface area contributed by atoms with Gasteiger partial charge in [0.05, 0.1) is 18.2 Å². The van der Waals surface area contributed by atoms with Gasteiger partial charge in [0.25, 0.3) is 0 Å². The van der Waals surface area contributed by atoms with Crippen LogP contribution in [0.5, 0.6) is 0 Å². The summed E-state index contributed by atoms with van der Waals surface area (Å²) in [6.07, 6.45) is 3.01. The van der Waals surface area contributed by atoms with Crippen LogP contribution in [-0.2, 0) is 21.0 Å². The number of thiophene rings is 1. The van der Waals surface area contributed by atoms with E-state index in [0.29, 0.717) is 6.54 Å². The molecule has 0 radical (unpaired) electrons. The number of nitrogens with zero attached hydrogens (tertiary/aromatic N) is 4. The van der Waals surface area contributed by atoms with Crippen LogP contribution in [0, 0.1) is 0 Å². The molecule has 0 bridgehead atoms. The summed E-state index contributed by atoms with van der Waals surface area (Å²) in [5.41, 5.74) is 0.480. The number of hydrogen-bond donors (Lipinski definition) is 3. The lowest BCUT2D eigenvalue weighted by Gasteiger charge is -2.15. The Hall–Kier alpha value is -3.23. The molecule has 188 valence electrons. The minimum atomic E-state index is -3.95. The smallest absolute Gasteiger partial charge is 0.335 e. The second kappa shape index (κ2) is 10.0. The van der Waals surface area contributed by atoms with Crippen molar-refractivity contribution in [2.24, 2.45) is 0 Å². The van der Waals surface area contributed by atoms with E-state index in [1.807, 2.05) is 12.1 Å². The molecule has 1 saturated carbocycles. The van der Waals surface area contributed by atoms with Gasteiger partial charge in [-0.05, 0) is 36.4 Å². The first-order chi connectivity index (χ1) is 17.3. The number of carbonyl (C=O) groups is 1. The Bertz CT molecular complexity index is 1470. The topological polar surface area (TPSA) is 148 Å². The summed E-state index contributed by atoms with van der Waals surface area (Å²) in [4.78, 5) is 22.6. The van der Waals surface area contributed by atoms with Crippen LogP contribution in [0.2, 0.25) is 0 Å². The van der Waals surface area contributed by atoms with Gasteiger partial charge in [0.1, 0.15) is 23.9 Å². The zero-order valence-corrected chi connectivity index (χ0v) is 20.9. The fourth-order valence-electron chi connectivity index (χ4n) is 4.20. The molecule has 36 heavy (non-hydrogen) atoms. The van der Waals surface area contributed by atoms with Crippen LogP contribution < -0.4 is 10.0 Å². The molecule has 1 fully saturated rings. The molecule has 1 aliphatic carbocycles. The summed E-state index contributed by atoms with van der Waals surface area (Å²) in [6, 6.07) is 11.6. The molecule has 3 N–H and O–H groups in total. The van der Waals surface area contributed by atoms with Crippen LogP contribution >= 0.6 is 11.3 Å². The second-order valence-corrected chi connectivity index (χ2v) is 11.1. The molecular formula is C23H24N6O5S2. The van der Waals surface area contributed by atoms with Gasteiger partial charge >= 0.3 is 10.3 Å². The van der Waals surface area contributed by atoms with E-state index >= 15 is 0 Å². The molecular weight excluding hydrogens is 504 g/mol. The number of aromatic nitrogens is 4. The lowest BCUT2D eigenvalue weighted by molar-refractivity contribution is 0.0636. The number of ketones is 1. The predicted octanol–water partition coefficient (Wildman–Crippen LogP) is 1.95. The van der Waals surface area contributed by atoms with Gasteiger partial charge in [0.2, 0.25) is 5.78 Å². The first-order valence-corrected chi connectivity index (χ1v) is 13.5. The molecule has 3 aromatic heterocycles. The molecule has 1 aliphatic rings. The average molecular weight is 529 g/mol. The molecule has 3 atom stereocenters. The van der Waals surface area contributed by atoms with Gasteiger partial charge in [-0.2, -0.15) is 18.2 Å². The van der Waals surface area contributed by atoms with Gasteiger partial charge in [-0.1, -0.05) is 18.2 Å². The standard InChI is InChI=1S/C23H24N6O5S2/c1-24-36(32,33)34-20-10-15(9-19(20)30)27-23-17(11-25-13-26-23)22(31)18-6-7-29(28-18)12-16-8-14-4-2-3-5-21(14)35-16/h2-8,11,13,15,19-20,24,30H,9-10,12H2,1H3,(H,25,26,27)/t15-,19+,20-/m1/s1. The van der Waals surface area contributed by atoms with Gasteiger partial charge in [-0.3, -0.25) is 13.7 Å². The summed E-state index contributed by atoms with van der Waals surface area (Å²) in [6.45, 7) is 0.542. The molecule has 0 aliphatic heterocycles. The highest BCUT2D eigenvalue weighted by Gasteiger charge is 2.37. The third kappa shape index (κ3) is 5.29. The Morgan fingerprint density at radius 2 is 2.11 bits per heavy atom. The molecule has 0 spiro atoms. The highest BCUT2D eigenvalue weighted by molar-refractivity contribution is 7.84. The normalized spacial score (nSPS) is 20.1. The Balaban J connectivity index is 1.29. The first kappa shape index (κ1) is 24.5. The van der Waals surface area contributed by atoms with Crippen molar-refractivity contribution >= 4 is 43.3 Å². The van der Waals surface area contributed by atoms with Crippen molar-refractivity contribution in [1.29, 1.82) is 0 Å². The zero-order valence-electron chi connectivity index (χ0n) is 19.2. The van der Waals surface area contributed by atoms with Crippen molar-refractivity contribution in [2.45, 2.75) is 37.6 Å². The summed E-state index contributed by atoms with van der Waals surface area (Å²) in [5, 5.41) is 19.0. The van der Waals surface area contributed by atoms with Crippen molar-refractivity contribution < 1.29 is 22.5 Å². The number of carbonyl (C=O) groups excluding carboxylic acids is 1. The van der Waals surface area contributed by atoms with E-state index in [1.165, 1.54) is 29.7 Å². The third-order valence-electron chi connectivity index (χ3n) is 5.94. The van der Waals surface area contributed by atoms with Crippen molar-refractivity contribution in [3.63, 3.8) is 0 Å². The van der Waals surface area contributed by atoms with E-state index in [1.54, 1.807) is 28.3 Å². The molecule has 0 unspecified atom stereocenters. The zero-order chi connectivity index (χ0) is 25.3. The van der Waals surface area contributed by atoms with Gasteiger partial charge in [-0.25, -0.2) is 9.97 Å². The highest BCUT2D eigenvalue weighted by atomic mass is 32.2. The van der Waals surface area contributed by atoms with Gasteiger partial charge in [0, 0.05) is 35.1 Å². The lowest BCUT2D eigenvalue weighted by atomic mass is 10.1. The van der Waals surface area contributed by atoms with Crippen LogP contribution in [0.3, 0.4) is 0 Å². The Labute approximate surface area is 211 Å². The van der Waals surface area contributed by atoms with Gasteiger partial charge in [-0.15, -0.1) is 11.3 Å². The van der Waals surface area contributed by atoms with Crippen LogP contribution in [0.25, 0.3) is 10.1 Å². The average Bonchev–Trinajstić information content (AvgIpc) is 3.58. The number of aliphatic hydroxyl groups excluding tert-OH is 1. The van der Waals surface area contributed by atoms with Gasteiger partial charge < -0.3 is 10.4 Å². The molecule has 3 heterocycles. The van der Waals surface area contributed by atoms with Crippen LogP contribution in [0.4, 0.5) is 5.82 Å². The Morgan fingerprint density at radius 1 is 1.28 bits per heavy atom. The summed E-state index contributed by atoms with van der Waals surface area (Å²) in [7, 11) is -2.71. The van der Waals surface area contributed by atoms with E-state index in [0.717, 1.165) is 4.88 Å². The molecule has 1 aromatic carbocycles. The maximum atomic E-state index is 13.2. The monoisotopic (exact) mass is 528 g/mol. The maximum absolute atomic E-state index is 13.2. The highest BCUT2D eigenvalue weighted by Crippen LogP contribution is 2.28. The fourth-order valence-corrected chi connectivity index (χ4v) is 5.88. The third-order valence-corrected chi connectivity index (χ3v) is 8.04. The quantitative estimate of drug-likeness (QED) is 0.277. The van der Waals surface area contributed by atoms with Crippen molar-refractivity contribution in [3.05, 3.63) is 71.3 Å². The molecule has 5 rings (SSSR count). The van der Waals surface area contributed by atoms with Crippen molar-refractivity contribution in [1.82, 2.24) is 24.5 Å². The Morgan fingerprint density at radius 3 is 2.92 bits per heavy atom. The lowest BCUT2D eigenvalue weighted by Crippen LogP contribution is -2.31. The van der Waals surface area contributed by atoms with E-state index < -0.39 is 22.5 Å². The van der Waals surface area contributed by atoms with Crippen LogP contribution in [0.1, 0.15) is 33.8 Å². The number of nitrogens with one attached hydrogen (secondary N) is 2. The summed E-state index contributed by atoms with van der Waals surface area (Å²) >= 11 is 1.68. The van der Waals surface area contributed by atoms with Gasteiger partial charge in [0.15, 0.2) is 0 Å². The number of anilines is 1. The van der Waals surface area contributed by atoms with E-state index in [4.69, 9.17) is 4.18 Å². The van der Waals surface area contributed by atoms with E-state index in [2.05, 4.69) is 43.3 Å². The Kier molecular flexibility index (Phi) is 6.81. The largest absolute Gasteiger partial charge is 0.390 e. The SMILES string of the molecule is CNS(=O)(=O)O[C@@H]1C[C@H](Nc2ncncc2C(=O)c2ccn(Cc3cc4ccccc4s3)n2)C[C@@H]1O. The van der Waals surface area contributed by atoms with Crippen LogP contribution in [0.15, 0.2) is 55.1 Å². The number of aliphatic hydroxyl groups is 1. The summed E-state index contributed by atoms with van der Waals surface area (Å²) < 4.78 is 33.4. The second-order valence-electron chi connectivity index (χ2n) is 8.44. The predicted molar refractivity (Wildman–Crippen MR) is 134 cm³/mol. The molecule has 0 amide bonds. The minimum Gasteiger partial charge on any atom is -0.390 e. The van der Waals surface area contributed by atoms with Crippen LogP contribution in [-0.4, -0.2) is 64.4 Å². The van der Waals surface area contributed by atoms with E-state index in [-0.39, 0.29) is 41.7 Å². The fraction of sp³-hybridized carbons (Fsp3) is 0.304. The van der Waals surface area contributed by atoms with Crippen molar-refractivity contribution in [3.8, 4) is 0 Å². The number of benzene rings is 1. The molecule has 11 nitrogen and oxygen atoms in total. The number of rotatable bonds is 9. The number of hydrogen-bond acceptors (Lipinski definition) is 10. The van der Waals surface area contributed by atoms with E-state index in [9.17, 15) is 18.3 Å². The van der Waals surface area contributed by atoms with Crippen molar-refractivity contribution in [2.75, 3.05) is 12.4 Å². The number of fused-ring (bicyclic) bond motifs is 1. The maximum Gasteiger partial charge on any atom is 0.335 e. The summed E-state index contributed by atoms with van der Waals surface area (Å²) in [5.74, 6) is -0.0688. The molecule has 0 saturated heterocycles. The molecule has 13 heteroatoms. The minimum absolute atomic E-state index is 0.212. The first-order valence-electron chi connectivity index (χ1n) is 11.2.